The Morgan fingerprint density at radius 2 is 1.92 bits per heavy atom. The minimum atomic E-state index is 0.516. The molecule has 1 nitrogen and oxygen atoms in total. The molecule has 0 spiro atoms. The van der Waals surface area contributed by atoms with Crippen LogP contribution in [-0.4, -0.2) is 12.7 Å². The third-order valence-corrected chi connectivity index (χ3v) is 2.62. The largest absolute Gasteiger partial charge is 0.382 e. The van der Waals surface area contributed by atoms with Crippen LogP contribution in [0.25, 0.3) is 0 Å². The van der Waals surface area contributed by atoms with Crippen LogP contribution in [0.1, 0.15) is 13.8 Å². The van der Waals surface area contributed by atoms with Crippen LogP contribution >= 0.6 is 8.58 Å². The zero-order chi connectivity index (χ0) is 8.97. The fourth-order valence-electron chi connectivity index (χ4n) is 1.14. The van der Waals surface area contributed by atoms with Crippen molar-refractivity contribution in [2.45, 2.75) is 19.9 Å². The summed E-state index contributed by atoms with van der Waals surface area (Å²) in [5.41, 5.74) is 1.29. The van der Waals surface area contributed by atoms with Gasteiger partial charge in [-0.25, -0.2) is 0 Å². The fourth-order valence-corrected chi connectivity index (χ4v) is 1.83. The topological polar surface area (TPSA) is 12.0 Å². The third kappa shape index (κ3) is 2.49. The average Bonchev–Trinajstić information content (AvgIpc) is 2.04. The summed E-state index contributed by atoms with van der Waals surface area (Å²) in [5, 5.41) is 4.85. The van der Waals surface area contributed by atoms with E-state index in [4.69, 9.17) is 0 Å². The molecule has 0 amide bonds. The molecule has 1 aromatic carbocycles. The number of anilines is 1. The Kier molecular flexibility index (Phi) is 3.55. The van der Waals surface area contributed by atoms with Crippen molar-refractivity contribution in [1.29, 1.82) is 0 Å². The third-order valence-electron chi connectivity index (χ3n) is 1.64. The molecule has 0 aliphatic carbocycles. The second kappa shape index (κ2) is 4.47. The first-order valence-electron chi connectivity index (χ1n) is 4.27. The Morgan fingerprint density at radius 1 is 1.25 bits per heavy atom. The number of nitrogens with one attached hydrogen (secondary N) is 1. The monoisotopic (exact) mass is 181 g/mol. The number of benzene rings is 1. The van der Waals surface area contributed by atoms with Crippen molar-refractivity contribution >= 4 is 19.6 Å². The van der Waals surface area contributed by atoms with Gasteiger partial charge in [0.2, 0.25) is 0 Å². The van der Waals surface area contributed by atoms with Crippen LogP contribution in [0, 0.1) is 0 Å². The molecule has 0 radical (unpaired) electrons. The summed E-state index contributed by atoms with van der Waals surface area (Å²) < 4.78 is 0. The highest BCUT2D eigenvalue weighted by atomic mass is 31.1. The molecule has 66 valence electrons. The molecule has 1 rings (SSSR count). The summed E-state index contributed by atoms with van der Waals surface area (Å²) >= 11 is 0. The predicted molar refractivity (Wildman–Crippen MR) is 59.1 cm³/mol. The molecule has 12 heavy (non-hydrogen) atoms. The summed E-state index contributed by atoms with van der Waals surface area (Å²) in [7, 11) is 0.866. The lowest BCUT2D eigenvalue weighted by atomic mass is 10.3. The molecule has 0 bridgehead atoms. The molecule has 0 fully saturated rings. The van der Waals surface area contributed by atoms with E-state index in [-0.39, 0.29) is 0 Å². The van der Waals surface area contributed by atoms with Crippen LogP contribution in [0.4, 0.5) is 5.69 Å². The van der Waals surface area contributed by atoms with E-state index in [1.54, 1.807) is 0 Å². The van der Waals surface area contributed by atoms with E-state index in [9.17, 15) is 0 Å². The van der Waals surface area contributed by atoms with Crippen LogP contribution in [0.15, 0.2) is 24.3 Å². The summed E-state index contributed by atoms with van der Waals surface area (Å²) in [6.45, 7) is 6.53. The summed E-state index contributed by atoms with van der Waals surface area (Å²) in [6, 6.07) is 9.02. The van der Waals surface area contributed by atoms with E-state index in [0.29, 0.717) is 6.04 Å². The predicted octanol–water partition coefficient (Wildman–Crippen LogP) is 2.44. The second-order valence-electron chi connectivity index (χ2n) is 3.09. The van der Waals surface area contributed by atoms with Crippen molar-refractivity contribution in [2.24, 2.45) is 0 Å². The maximum Gasteiger partial charge on any atom is 0.0417 e. The van der Waals surface area contributed by atoms with Crippen LogP contribution in [0.5, 0.6) is 0 Å². The summed E-state index contributed by atoms with van der Waals surface area (Å²) in [6.07, 6.45) is 0. The highest BCUT2D eigenvalue weighted by molar-refractivity contribution is 7.46. The van der Waals surface area contributed by atoms with E-state index >= 15 is 0 Å². The maximum absolute atomic E-state index is 3.43. The van der Waals surface area contributed by atoms with Gasteiger partial charge in [-0.1, -0.05) is 26.8 Å². The molecule has 0 heterocycles. The van der Waals surface area contributed by atoms with Crippen LogP contribution in [-0.2, 0) is 0 Å². The minimum absolute atomic E-state index is 0.516. The zero-order valence-electron chi connectivity index (χ0n) is 7.89. The molecule has 2 heteroatoms. The summed E-state index contributed by atoms with van der Waals surface area (Å²) in [5.74, 6) is 0. The van der Waals surface area contributed by atoms with E-state index < -0.39 is 0 Å². The molecule has 0 aliphatic heterocycles. The first-order chi connectivity index (χ1) is 5.74. The number of para-hydroxylation sites is 1. The van der Waals surface area contributed by atoms with E-state index in [0.717, 1.165) is 8.58 Å². The maximum atomic E-state index is 3.43. The van der Waals surface area contributed by atoms with Crippen molar-refractivity contribution < 1.29 is 0 Å². The van der Waals surface area contributed by atoms with E-state index in [2.05, 4.69) is 50.1 Å². The molecule has 1 atom stereocenters. The lowest BCUT2D eigenvalue weighted by molar-refractivity contribution is 0.901. The van der Waals surface area contributed by atoms with Crippen LogP contribution in [0.3, 0.4) is 0 Å². The second-order valence-corrected chi connectivity index (χ2v) is 4.13. The van der Waals surface area contributed by atoms with Gasteiger partial charge in [0.15, 0.2) is 0 Å². The van der Waals surface area contributed by atoms with Gasteiger partial charge in [-0.15, -0.1) is 0 Å². The van der Waals surface area contributed by atoms with Gasteiger partial charge in [0, 0.05) is 11.7 Å². The van der Waals surface area contributed by atoms with E-state index in [1.807, 2.05) is 0 Å². The van der Waals surface area contributed by atoms with Crippen molar-refractivity contribution in [3.05, 3.63) is 24.3 Å². The Balaban J connectivity index is 2.82. The normalized spacial score (nSPS) is 11.3. The number of rotatable bonds is 3. The van der Waals surface area contributed by atoms with Gasteiger partial charge >= 0.3 is 0 Å². The minimum Gasteiger partial charge on any atom is -0.382 e. The Bertz CT molecular complexity index is 245. The standard InChI is InChI=1S/C10H16NP/c1-8(2)11-9-6-4-5-7-10(9)12-3/h4-8,11-12H,1-3H3. The quantitative estimate of drug-likeness (QED) is 0.706. The number of hydrogen-bond donors (Lipinski definition) is 1. The first kappa shape index (κ1) is 9.54. The van der Waals surface area contributed by atoms with Gasteiger partial charge in [-0.2, -0.15) is 0 Å². The lowest BCUT2D eigenvalue weighted by Gasteiger charge is -2.13. The Hall–Kier alpha value is -0.550. The van der Waals surface area contributed by atoms with Gasteiger partial charge in [0.1, 0.15) is 0 Å². The van der Waals surface area contributed by atoms with Crippen molar-refractivity contribution in [2.75, 3.05) is 12.0 Å². The molecule has 0 saturated heterocycles. The van der Waals surface area contributed by atoms with Crippen molar-refractivity contribution in [1.82, 2.24) is 0 Å². The molecule has 1 unspecified atom stereocenters. The summed E-state index contributed by atoms with van der Waals surface area (Å²) in [4.78, 5) is 0. The van der Waals surface area contributed by atoms with Crippen molar-refractivity contribution in [3.8, 4) is 0 Å². The lowest BCUT2D eigenvalue weighted by Crippen LogP contribution is -2.14. The number of hydrogen-bond acceptors (Lipinski definition) is 1. The Labute approximate surface area is 76.4 Å². The highest BCUT2D eigenvalue weighted by Gasteiger charge is 1.99. The van der Waals surface area contributed by atoms with Gasteiger partial charge in [-0.05, 0) is 31.9 Å². The van der Waals surface area contributed by atoms with Gasteiger partial charge in [0.25, 0.3) is 0 Å². The molecule has 1 aromatic rings. The molecule has 0 aliphatic rings. The van der Waals surface area contributed by atoms with Crippen LogP contribution in [0.2, 0.25) is 0 Å². The van der Waals surface area contributed by atoms with Crippen LogP contribution < -0.4 is 10.6 Å². The highest BCUT2D eigenvalue weighted by Crippen LogP contribution is 2.14. The average molecular weight is 181 g/mol. The molecular formula is C10H16NP. The zero-order valence-corrected chi connectivity index (χ0v) is 8.89. The smallest absolute Gasteiger partial charge is 0.0417 e. The molecule has 0 saturated carbocycles. The van der Waals surface area contributed by atoms with Gasteiger partial charge in [-0.3, -0.25) is 0 Å². The SMILES string of the molecule is CPc1ccccc1NC(C)C. The van der Waals surface area contributed by atoms with Gasteiger partial charge < -0.3 is 5.32 Å². The van der Waals surface area contributed by atoms with Gasteiger partial charge in [0.05, 0.1) is 0 Å². The fraction of sp³-hybridized carbons (Fsp3) is 0.400. The van der Waals surface area contributed by atoms with E-state index in [1.165, 1.54) is 11.0 Å². The first-order valence-corrected chi connectivity index (χ1v) is 5.77. The molecule has 1 N–H and O–H groups in total. The molecular weight excluding hydrogens is 165 g/mol. The molecule has 0 aromatic heterocycles. The van der Waals surface area contributed by atoms with Crippen molar-refractivity contribution in [3.63, 3.8) is 0 Å². The Morgan fingerprint density at radius 3 is 2.50 bits per heavy atom.